The first-order valence-electron chi connectivity index (χ1n) is 5.59. The van der Waals surface area contributed by atoms with Crippen molar-refractivity contribution in [3.05, 3.63) is 28.3 Å². The van der Waals surface area contributed by atoms with Crippen molar-refractivity contribution in [1.82, 2.24) is 19.7 Å². The molecule has 2 aromatic rings. The molecule has 0 spiro atoms. The van der Waals surface area contributed by atoms with Gasteiger partial charge in [-0.05, 0) is 13.0 Å². The SMILES string of the molecule is CCn1cnnc1CNc1nc(NN)c(Cl)cc1Cl. The van der Waals surface area contributed by atoms with Crippen molar-refractivity contribution < 1.29 is 0 Å². The molecule has 0 bridgehead atoms. The number of nitrogens with two attached hydrogens (primary N) is 1. The monoisotopic (exact) mass is 301 g/mol. The van der Waals surface area contributed by atoms with Gasteiger partial charge in [0, 0.05) is 6.54 Å². The molecule has 0 aromatic carbocycles. The van der Waals surface area contributed by atoms with E-state index in [0.29, 0.717) is 28.2 Å². The molecule has 0 atom stereocenters. The molecule has 0 aliphatic rings. The summed E-state index contributed by atoms with van der Waals surface area (Å²) in [5.74, 6) is 6.93. The van der Waals surface area contributed by atoms with E-state index in [1.165, 1.54) is 0 Å². The van der Waals surface area contributed by atoms with E-state index in [2.05, 4.69) is 25.9 Å². The minimum atomic E-state index is 0.352. The van der Waals surface area contributed by atoms with Crippen LogP contribution in [-0.2, 0) is 13.1 Å². The maximum atomic E-state index is 6.05. The van der Waals surface area contributed by atoms with Crippen LogP contribution >= 0.6 is 23.2 Å². The van der Waals surface area contributed by atoms with Crippen LogP contribution in [0.3, 0.4) is 0 Å². The summed E-state index contributed by atoms with van der Waals surface area (Å²) < 4.78 is 1.92. The zero-order valence-corrected chi connectivity index (χ0v) is 11.7. The van der Waals surface area contributed by atoms with Gasteiger partial charge < -0.3 is 15.3 Å². The summed E-state index contributed by atoms with van der Waals surface area (Å²) in [5.41, 5.74) is 2.40. The van der Waals surface area contributed by atoms with Gasteiger partial charge in [-0.15, -0.1) is 10.2 Å². The minimum absolute atomic E-state index is 0.352. The van der Waals surface area contributed by atoms with Crippen molar-refractivity contribution in [2.75, 3.05) is 10.7 Å². The van der Waals surface area contributed by atoms with Gasteiger partial charge in [-0.1, -0.05) is 23.2 Å². The van der Waals surface area contributed by atoms with Crippen molar-refractivity contribution in [2.45, 2.75) is 20.0 Å². The number of nitrogens with zero attached hydrogens (tertiary/aromatic N) is 4. The first-order valence-corrected chi connectivity index (χ1v) is 6.34. The highest BCUT2D eigenvalue weighted by atomic mass is 35.5. The smallest absolute Gasteiger partial charge is 0.161 e. The summed E-state index contributed by atoms with van der Waals surface area (Å²) >= 11 is 12.0. The Morgan fingerprint density at radius 1 is 1.32 bits per heavy atom. The molecule has 2 aromatic heterocycles. The highest BCUT2D eigenvalue weighted by molar-refractivity contribution is 6.37. The summed E-state index contributed by atoms with van der Waals surface area (Å²) in [4.78, 5) is 4.18. The highest BCUT2D eigenvalue weighted by Crippen LogP contribution is 2.28. The summed E-state index contributed by atoms with van der Waals surface area (Å²) in [6, 6.07) is 1.57. The fourth-order valence-corrected chi connectivity index (χ4v) is 2.01. The Morgan fingerprint density at radius 2 is 2.05 bits per heavy atom. The molecule has 2 heterocycles. The van der Waals surface area contributed by atoms with Crippen LogP contribution in [-0.4, -0.2) is 19.7 Å². The lowest BCUT2D eigenvalue weighted by Crippen LogP contribution is -2.12. The lowest BCUT2D eigenvalue weighted by molar-refractivity contribution is 0.707. The van der Waals surface area contributed by atoms with E-state index >= 15 is 0 Å². The number of hydrazine groups is 1. The first-order chi connectivity index (χ1) is 9.15. The van der Waals surface area contributed by atoms with Crippen molar-refractivity contribution in [3.8, 4) is 0 Å². The molecule has 0 aliphatic heterocycles. The molecule has 2 rings (SSSR count). The Bertz CT molecular complexity index is 569. The second-order valence-electron chi connectivity index (χ2n) is 3.68. The lowest BCUT2D eigenvalue weighted by atomic mass is 10.4. The Morgan fingerprint density at radius 3 is 2.74 bits per heavy atom. The Balaban J connectivity index is 2.15. The van der Waals surface area contributed by atoms with E-state index in [-0.39, 0.29) is 0 Å². The molecule has 0 amide bonds. The van der Waals surface area contributed by atoms with Crippen LogP contribution in [0.1, 0.15) is 12.7 Å². The van der Waals surface area contributed by atoms with Gasteiger partial charge in [0.05, 0.1) is 16.6 Å². The average Bonchev–Trinajstić information content (AvgIpc) is 2.85. The van der Waals surface area contributed by atoms with Crippen molar-refractivity contribution in [1.29, 1.82) is 0 Å². The van der Waals surface area contributed by atoms with E-state index in [1.807, 2.05) is 11.5 Å². The molecule has 0 aliphatic carbocycles. The van der Waals surface area contributed by atoms with E-state index < -0.39 is 0 Å². The third kappa shape index (κ3) is 3.06. The Hall–Kier alpha value is -1.57. The predicted octanol–water partition coefficient (Wildman–Crippen LogP) is 1.90. The van der Waals surface area contributed by atoms with Gasteiger partial charge in [-0.3, -0.25) is 0 Å². The largest absolute Gasteiger partial charge is 0.361 e. The van der Waals surface area contributed by atoms with Crippen molar-refractivity contribution in [2.24, 2.45) is 5.84 Å². The van der Waals surface area contributed by atoms with Gasteiger partial charge in [-0.2, -0.15) is 0 Å². The van der Waals surface area contributed by atoms with Crippen LogP contribution in [0, 0.1) is 0 Å². The number of halogens is 2. The zero-order chi connectivity index (χ0) is 13.8. The summed E-state index contributed by atoms with van der Waals surface area (Å²) in [7, 11) is 0. The van der Waals surface area contributed by atoms with Gasteiger partial charge in [0.1, 0.15) is 12.1 Å². The fraction of sp³-hybridized carbons (Fsp3) is 0.300. The summed E-state index contributed by atoms with van der Waals surface area (Å²) in [6.45, 7) is 3.25. The van der Waals surface area contributed by atoms with Gasteiger partial charge in [0.25, 0.3) is 0 Å². The van der Waals surface area contributed by atoms with Crippen LogP contribution in [0.4, 0.5) is 11.6 Å². The van der Waals surface area contributed by atoms with E-state index in [9.17, 15) is 0 Å². The van der Waals surface area contributed by atoms with Gasteiger partial charge in [-0.25, -0.2) is 10.8 Å². The second-order valence-corrected chi connectivity index (χ2v) is 4.49. The standard InChI is InChI=1S/C10H13Cl2N7/c1-2-19-5-15-18-8(19)4-14-9-6(11)3-7(12)10(16-9)17-13/h3,5H,2,4,13H2,1H3,(H2,14,16,17). The van der Waals surface area contributed by atoms with Crippen LogP contribution in [0.15, 0.2) is 12.4 Å². The Labute approximate surface area is 120 Å². The molecular weight excluding hydrogens is 289 g/mol. The maximum absolute atomic E-state index is 6.05. The topological polar surface area (TPSA) is 93.7 Å². The molecule has 9 heteroatoms. The first kappa shape index (κ1) is 13.9. The maximum Gasteiger partial charge on any atom is 0.161 e. The van der Waals surface area contributed by atoms with E-state index in [0.717, 1.165) is 12.4 Å². The molecule has 7 nitrogen and oxygen atoms in total. The number of hydrogen-bond acceptors (Lipinski definition) is 6. The molecule has 102 valence electrons. The van der Waals surface area contributed by atoms with Crippen LogP contribution in [0.2, 0.25) is 10.0 Å². The number of hydrogen-bond donors (Lipinski definition) is 3. The van der Waals surface area contributed by atoms with Crippen molar-refractivity contribution in [3.63, 3.8) is 0 Å². The quantitative estimate of drug-likeness (QED) is 0.577. The van der Waals surface area contributed by atoms with Crippen LogP contribution in [0.25, 0.3) is 0 Å². The molecule has 0 unspecified atom stereocenters. The third-order valence-corrected chi connectivity index (χ3v) is 3.09. The second kappa shape index (κ2) is 6.05. The van der Waals surface area contributed by atoms with Gasteiger partial charge in [0.2, 0.25) is 0 Å². The molecule has 0 saturated heterocycles. The highest BCUT2D eigenvalue weighted by Gasteiger charge is 2.10. The third-order valence-electron chi connectivity index (χ3n) is 2.52. The zero-order valence-electron chi connectivity index (χ0n) is 10.2. The fourth-order valence-electron chi connectivity index (χ4n) is 1.53. The predicted molar refractivity (Wildman–Crippen MR) is 75.1 cm³/mol. The number of nitrogens with one attached hydrogen (secondary N) is 2. The molecular formula is C10H13Cl2N7. The molecule has 0 radical (unpaired) electrons. The molecule has 0 fully saturated rings. The number of aromatic nitrogens is 4. The minimum Gasteiger partial charge on any atom is -0.361 e. The van der Waals surface area contributed by atoms with Crippen LogP contribution < -0.4 is 16.6 Å². The van der Waals surface area contributed by atoms with E-state index in [4.69, 9.17) is 29.0 Å². The average molecular weight is 302 g/mol. The number of nitrogen functional groups attached to an aromatic ring is 1. The van der Waals surface area contributed by atoms with Crippen LogP contribution in [0.5, 0.6) is 0 Å². The molecule has 0 saturated carbocycles. The van der Waals surface area contributed by atoms with E-state index in [1.54, 1.807) is 12.4 Å². The lowest BCUT2D eigenvalue weighted by Gasteiger charge is -2.10. The molecule has 4 N–H and O–H groups in total. The molecule has 19 heavy (non-hydrogen) atoms. The summed E-state index contributed by atoms with van der Waals surface area (Å²) in [5, 5.41) is 11.7. The van der Waals surface area contributed by atoms with Gasteiger partial charge >= 0.3 is 0 Å². The number of pyridine rings is 1. The van der Waals surface area contributed by atoms with Gasteiger partial charge in [0.15, 0.2) is 11.6 Å². The number of aryl methyl sites for hydroxylation is 1. The Kier molecular flexibility index (Phi) is 4.41. The normalized spacial score (nSPS) is 10.5. The number of anilines is 2. The van der Waals surface area contributed by atoms with Crippen molar-refractivity contribution >= 4 is 34.8 Å². The summed E-state index contributed by atoms with van der Waals surface area (Å²) in [6.07, 6.45) is 1.67. The number of rotatable bonds is 5.